The van der Waals surface area contributed by atoms with Crippen molar-refractivity contribution in [2.75, 3.05) is 6.54 Å². The van der Waals surface area contributed by atoms with Gasteiger partial charge in [-0.3, -0.25) is 4.79 Å². The topological polar surface area (TPSA) is 64.2 Å². The summed E-state index contributed by atoms with van der Waals surface area (Å²) in [5.74, 6) is 0.799. The Bertz CT molecular complexity index is 605. The van der Waals surface area contributed by atoms with E-state index in [4.69, 9.17) is 4.52 Å². The van der Waals surface area contributed by atoms with Gasteiger partial charge in [0.05, 0.1) is 18.4 Å². The predicted octanol–water partition coefficient (Wildman–Crippen LogP) is 2.19. The van der Waals surface area contributed by atoms with Gasteiger partial charge in [0.25, 0.3) is 0 Å². The summed E-state index contributed by atoms with van der Waals surface area (Å²) < 4.78 is 7.24. The van der Waals surface area contributed by atoms with E-state index in [0.717, 1.165) is 38.0 Å². The number of aromatic nitrogens is 3. The highest BCUT2D eigenvalue weighted by Gasteiger charge is 2.27. The summed E-state index contributed by atoms with van der Waals surface area (Å²) in [5, 5.41) is 3.85. The van der Waals surface area contributed by atoms with Gasteiger partial charge in [0.15, 0.2) is 0 Å². The van der Waals surface area contributed by atoms with E-state index in [1.807, 2.05) is 30.4 Å². The van der Waals surface area contributed by atoms with Gasteiger partial charge in [-0.1, -0.05) is 5.16 Å². The fourth-order valence-electron chi connectivity index (χ4n) is 3.10. The van der Waals surface area contributed by atoms with Gasteiger partial charge in [-0.05, 0) is 32.6 Å². The van der Waals surface area contributed by atoms with Crippen LogP contribution in [0.15, 0.2) is 29.3 Å². The third kappa shape index (κ3) is 3.55. The molecule has 0 aromatic carbocycles. The predicted molar refractivity (Wildman–Crippen MR) is 81.1 cm³/mol. The Labute approximate surface area is 130 Å². The second-order valence-corrected chi connectivity index (χ2v) is 5.94. The molecule has 1 aliphatic heterocycles. The van der Waals surface area contributed by atoms with Crippen molar-refractivity contribution in [3.05, 3.63) is 36.2 Å². The number of hydrogen-bond donors (Lipinski definition) is 0. The van der Waals surface area contributed by atoms with Crippen LogP contribution in [0.4, 0.5) is 0 Å². The molecule has 0 bridgehead atoms. The Morgan fingerprint density at radius 1 is 1.45 bits per heavy atom. The summed E-state index contributed by atoms with van der Waals surface area (Å²) in [6.45, 7) is 3.61. The summed E-state index contributed by atoms with van der Waals surface area (Å²) in [4.78, 5) is 18.7. The Hall–Kier alpha value is -2.11. The molecule has 1 atom stereocenters. The minimum Gasteiger partial charge on any atom is -0.361 e. The highest BCUT2D eigenvalue weighted by atomic mass is 16.5. The zero-order chi connectivity index (χ0) is 15.4. The lowest BCUT2D eigenvalue weighted by Gasteiger charge is -2.36. The number of likely N-dealkylation sites (tertiary alicyclic amines) is 1. The smallest absolute Gasteiger partial charge is 0.230 e. The molecule has 3 heterocycles. The fourth-order valence-corrected chi connectivity index (χ4v) is 3.10. The Morgan fingerprint density at radius 2 is 2.36 bits per heavy atom. The molecule has 118 valence electrons. The standard InChI is InChI=1S/C16H22N4O2/c1-13-10-15(22-18-13)11-16(21)20-7-3-2-4-14(20)5-8-19-9-6-17-12-19/h6,9-10,12,14H,2-5,7-8,11H2,1H3. The molecule has 0 N–H and O–H groups in total. The maximum atomic E-state index is 12.6. The molecule has 0 aliphatic carbocycles. The SMILES string of the molecule is Cc1cc(CC(=O)N2CCCCC2CCn2ccnc2)on1. The number of carbonyl (C=O) groups is 1. The molecule has 0 saturated carbocycles. The number of carbonyl (C=O) groups excluding carboxylic acids is 1. The first-order valence-electron chi connectivity index (χ1n) is 7.90. The van der Waals surface area contributed by atoms with Crippen molar-refractivity contribution >= 4 is 5.91 Å². The van der Waals surface area contributed by atoms with E-state index in [9.17, 15) is 4.79 Å². The molecular formula is C16H22N4O2. The molecule has 22 heavy (non-hydrogen) atoms. The van der Waals surface area contributed by atoms with E-state index in [0.29, 0.717) is 18.2 Å². The molecule has 6 nitrogen and oxygen atoms in total. The van der Waals surface area contributed by atoms with Gasteiger partial charge in [-0.25, -0.2) is 4.98 Å². The molecule has 3 rings (SSSR count). The number of imidazole rings is 1. The monoisotopic (exact) mass is 302 g/mol. The minimum atomic E-state index is 0.145. The quantitative estimate of drug-likeness (QED) is 0.849. The second-order valence-electron chi connectivity index (χ2n) is 5.94. The molecule has 2 aromatic rings. The van der Waals surface area contributed by atoms with Crippen molar-refractivity contribution in [1.82, 2.24) is 19.6 Å². The maximum Gasteiger partial charge on any atom is 0.230 e. The molecule has 0 spiro atoms. The van der Waals surface area contributed by atoms with Crippen molar-refractivity contribution in [2.24, 2.45) is 0 Å². The zero-order valence-electron chi connectivity index (χ0n) is 12.9. The molecular weight excluding hydrogens is 280 g/mol. The van der Waals surface area contributed by atoms with E-state index in [1.54, 1.807) is 6.20 Å². The molecule has 0 radical (unpaired) electrons. The summed E-state index contributed by atoms with van der Waals surface area (Å²) in [5.41, 5.74) is 0.818. The molecule has 2 aromatic heterocycles. The van der Waals surface area contributed by atoms with Crippen molar-refractivity contribution in [3.8, 4) is 0 Å². The first-order valence-corrected chi connectivity index (χ1v) is 7.90. The lowest BCUT2D eigenvalue weighted by Crippen LogP contribution is -2.44. The van der Waals surface area contributed by atoms with Crippen LogP contribution in [0.3, 0.4) is 0 Å². The van der Waals surface area contributed by atoms with Crippen molar-refractivity contribution in [3.63, 3.8) is 0 Å². The van der Waals surface area contributed by atoms with Crippen LogP contribution in [0.2, 0.25) is 0 Å². The van der Waals surface area contributed by atoms with Gasteiger partial charge < -0.3 is 14.0 Å². The third-order valence-corrected chi connectivity index (χ3v) is 4.23. The fraction of sp³-hybridized carbons (Fsp3) is 0.562. The third-order valence-electron chi connectivity index (χ3n) is 4.23. The molecule has 1 unspecified atom stereocenters. The van der Waals surface area contributed by atoms with Gasteiger partial charge in [-0.2, -0.15) is 0 Å². The largest absolute Gasteiger partial charge is 0.361 e. The van der Waals surface area contributed by atoms with E-state index >= 15 is 0 Å². The first-order chi connectivity index (χ1) is 10.7. The maximum absolute atomic E-state index is 12.6. The van der Waals surface area contributed by atoms with Crippen LogP contribution in [0.1, 0.15) is 37.1 Å². The van der Waals surface area contributed by atoms with E-state index < -0.39 is 0 Å². The van der Waals surface area contributed by atoms with Gasteiger partial charge in [0.2, 0.25) is 5.91 Å². The molecule has 1 fully saturated rings. The van der Waals surface area contributed by atoms with Crippen LogP contribution in [-0.2, 0) is 17.8 Å². The Balaban J connectivity index is 1.60. The van der Waals surface area contributed by atoms with Gasteiger partial charge in [0.1, 0.15) is 5.76 Å². The minimum absolute atomic E-state index is 0.145. The molecule has 1 saturated heterocycles. The molecule has 6 heteroatoms. The number of hydrogen-bond acceptors (Lipinski definition) is 4. The average Bonchev–Trinajstić information content (AvgIpc) is 3.17. The van der Waals surface area contributed by atoms with Crippen LogP contribution >= 0.6 is 0 Å². The van der Waals surface area contributed by atoms with Gasteiger partial charge in [-0.15, -0.1) is 0 Å². The highest BCUT2D eigenvalue weighted by molar-refractivity contribution is 5.78. The first kappa shape index (κ1) is 14.8. The van der Waals surface area contributed by atoms with Gasteiger partial charge >= 0.3 is 0 Å². The zero-order valence-corrected chi connectivity index (χ0v) is 12.9. The van der Waals surface area contributed by atoms with E-state index in [2.05, 4.69) is 14.7 Å². The van der Waals surface area contributed by atoms with E-state index in [1.165, 1.54) is 6.42 Å². The summed E-state index contributed by atoms with van der Waals surface area (Å²) in [6.07, 6.45) is 10.2. The molecule has 1 aliphatic rings. The summed E-state index contributed by atoms with van der Waals surface area (Å²) >= 11 is 0. The van der Waals surface area contributed by atoms with Gasteiger partial charge in [0, 0.05) is 37.6 Å². The van der Waals surface area contributed by atoms with Crippen molar-refractivity contribution in [1.29, 1.82) is 0 Å². The second kappa shape index (κ2) is 6.77. The molecule has 1 amide bonds. The van der Waals surface area contributed by atoms with Crippen LogP contribution in [0.25, 0.3) is 0 Å². The van der Waals surface area contributed by atoms with E-state index in [-0.39, 0.29) is 5.91 Å². The number of aryl methyl sites for hydroxylation is 2. The highest BCUT2D eigenvalue weighted by Crippen LogP contribution is 2.21. The number of rotatable bonds is 5. The Kier molecular flexibility index (Phi) is 4.56. The lowest BCUT2D eigenvalue weighted by molar-refractivity contribution is -0.134. The van der Waals surface area contributed by atoms with Crippen LogP contribution in [0.5, 0.6) is 0 Å². The number of piperidine rings is 1. The Morgan fingerprint density at radius 3 is 3.09 bits per heavy atom. The summed E-state index contributed by atoms with van der Waals surface area (Å²) in [6, 6.07) is 2.15. The van der Waals surface area contributed by atoms with Crippen molar-refractivity contribution in [2.45, 2.75) is 51.6 Å². The average molecular weight is 302 g/mol. The number of amides is 1. The van der Waals surface area contributed by atoms with Crippen molar-refractivity contribution < 1.29 is 9.32 Å². The van der Waals surface area contributed by atoms with Crippen LogP contribution in [0, 0.1) is 6.92 Å². The lowest BCUT2D eigenvalue weighted by atomic mass is 9.98. The van der Waals surface area contributed by atoms with Crippen LogP contribution < -0.4 is 0 Å². The van der Waals surface area contributed by atoms with Crippen LogP contribution in [-0.4, -0.2) is 38.1 Å². The normalized spacial score (nSPS) is 18.6. The summed E-state index contributed by atoms with van der Waals surface area (Å²) in [7, 11) is 0. The number of nitrogens with zero attached hydrogens (tertiary/aromatic N) is 4.